The van der Waals surface area contributed by atoms with Gasteiger partial charge in [0.15, 0.2) is 0 Å². The van der Waals surface area contributed by atoms with E-state index in [9.17, 15) is 4.79 Å². The number of rotatable bonds is 3. The Morgan fingerprint density at radius 1 is 1.22 bits per heavy atom. The van der Waals surface area contributed by atoms with Gasteiger partial charge in [-0.25, -0.2) is 0 Å². The molecule has 0 bridgehead atoms. The number of carbonyl (C=O) groups is 1. The van der Waals surface area contributed by atoms with Crippen LogP contribution in [0.2, 0.25) is 0 Å². The van der Waals surface area contributed by atoms with Crippen LogP contribution in [0.1, 0.15) is 44.6 Å². The normalized spacial score (nSPS) is 18.9. The van der Waals surface area contributed by atoms with Gasteiger partial charge in [-0.2, -0.15) is 0 Å². The number of anilines is 1. The van der Waals surface area contributed by atoms with Crippen LogP contribution in [0.5, 0.6) is 0 Å². The largest absolute Gasteiger partial charge is 0.326 e. The average molecular weight is 243 g/mol. The molecule has 2 heteroatoms. The molecule has 0 spiro atoms. The van der Waals surface area contributed by atoms with Crippen molar-refractivity contribution in [3.05, 3.63) is 42.0 Å². The summed E-state index contributed by atoms with van der Waals surface area (Å²) in [5, 5.41) is 3.00. The van der Waals surface area contributed by atoms with Crippen LogP contribution in [-0.4, -0.2) is 5.91 Å². The van der Waals surface area contributed by atoms with E-state index < -0.39 is 0 Å². The first kappa shape index (κ1) is 12.9. The highest BCUT2D eigenvalue weighted by Crippen LogP contribution is 2.21. The van der Waals surface area contributed by atoms with Crippen molar-refractivity contribution >= 4 is 11.6 Å². The molecular weight excluding hydrogens is 222 g/mol. The van der Waals surface area contributed by atoms with Crippen LogP contribution in [-0.2, 0) is 4.79 Å². The van der Waals surface area contributed by atoms with Gasteiger partial charge in [-0.15, -0.1) is 0 Å². The van der Waals surface area contributed by atoms with E-state index in [1.165, 1.54) is 5.56 Å². The van der Waals surface area contributed by atoms with E-state index in [0.29, 0.717) is 5.92 Å². The highest BCUT2D eigenvalue weighted by molar-refractivity contribution is 5.92. The predicted molar refractivity (Wildman–Crippen MR) is 75.6 cm³/mol. The standard InChI is InChI=1S/C16H21NO/c1-12(2)13-8-10-15(11-9-13)17-16(18)14-6-4-3-5-7-14/h3-4,8-12,14H,5-7H2,1-2H3,(H,17,18). The van der Waals surface area contributed by atoms with E-state index >= 15 is 0 Å². The lowest BCUT2D eigenvalue weighted by molar-refractivity contribution is -0.120. The molecule has 0 heterocycles. The lowest BCUT2D eigenvalue weighted by Crippen LogP contribution is -2.23. The summed E-state index contributed by atoms with van der Waals surface area (Å²) in [4.78, 5) is 12.0. The van der Waals surface area contributed by atoms with E-state index in [4.69, 9.17) is 0 Å². The molecule has 0 radical (unpaired) electrons. The second-order valence-electron chi connectivity index (χ2n) is 5.25. The molecule has 0 aromatic heterocycles. The maximum atomic E-state index is 12.0. The fraction of sp³-hybridized carbons (Fsp3) is 0.438. The molecule has 1 atom stereocenters. The zero-order chi connectivity index (χ0) is 13.0. The Morgan fingerprint density at radius 3 is 2.50 bits per heavy atom. The van der Waals surface area contributed by atoms with Crippen molar-refractivity contribution in [1.82, 2.24) is 0 Å². The summed E-state index contributed by atoms with van der Waals surface area (Å²) in [6.45, 7) is 4.34. The summed E-state index contributed by atoms with van der Waals surface area (Å²) in [6.07, 6.45) is 7.11. The van der Waals surface area contributed by atoms with Crippen molar-refractivity contribution in [3.8, 4) is 0 Å². The van der Waals surface area contributed by atoms with Gasteiger partial charge in [-0.05, 0) is 42.9 Å². The zero-order valence-corrected chi connectivity index (χ0v) is 11.1. The summed E-state index contributed by atoms with van der Waals surface area (Å²) < 4.78 is 0. The number of benzene rings is 1. The first-order valence-corrected chi connectivity index (χ1v) is 6.72. The van der Waals surface area contributed by atoms with Crippen LogP contribution in [0.3, 0.4) is 0 Å². The molecule has 1 aromatic rings. The van der Waals surface area contributed by atoms with Gasteiger partial charge < -0.3 is 5.32 Å². The highest BCUT2D eigenvalue weighted by atomic mass is 16.1. The molecule has 96 valence electrons. The summed E-state index contributed by atoms with van der Waals surface area (Å²) >= 11 is 0. The molecule has 1 N–H and O–H groups in total. The number of amides is 1. The Hall–Kier alpha value is -1.57. The molecule has 1 aromatic carbocycles. The monoisotopic (exact) mass is 243 g/mol. The lowest BCUT2D eigenvalue weighted by atomic mass is 9.93. The lowest BCUT2D eigenvalue weighted by Gasteiger charge is -2.17. The third-order valence-electron chi connectivity index (χ3n) is 3.48. The van der Waals surface area contributed by atoms with Crippen LogP contribution in [0.4, 0.5) is 5.69 Å². The van der Waals surface area contributed by atoms with Crippen molar-refractivity contribution < 1.29 is 4.79 Å². The van der Waals surface area contributed by atoms with Crippen LogP contribution in [0.25, 0.3) is 0 Å². The topological polar surface area (TPSA) is 29.1 Å². The molecule has 0 saturated carbocycles. The summed E-state index contributed by atoms with van der Waals surface area (Å²) in [5.41, 5.74) is 2.20. The number of carbonyl (C=O) groups excluding carboxylic acids is 1. The SMILES string of the molecule is CC(C)c1ccc(NC(=O)C2CC=CCC2)cc1. The Labute approximate surface area is 109 Å². The number of allylic oxidation sites excluding steroid dienone is 2. The molecule has 0 saturated heterocycles. The summed E-state index contributed by atoms with van der Waals surface area (Å²) in [7, 11) is 0. The van der Waals surface area contributed by atoms with E-state index in [1.54, 1.807) is 0 Å². The Kier molecular flexibility index (Phi) is 4.19. The summed E-state index contributed by atoms with van der Waals surface area (Å²) in [5.74, 6) is 0.814. The van der Waals surface area contributed by atoms with Crippen LogP contribution in [0, 0.1) is 5.92 Å². The van der Waals surface area contributed by atoms with Crippen LogP contribution < -0.4 is 5.32 Å². The molecule has 1 aliphatic carbocycles. The van der Waals surface area contributed by atoms with Gasteiger partial charge in [0.05, 0.1) is 0 Å². The first-order valence-electron chi connectivity index (χ1n) is 6.72. The molecule has 1 unspecified atom stereocenters. The van der Waals surface area contributed by atoms with E-state index in [1.807, 2.05) is 12.1 Å². The van der Waals surface area contributed by atoms with Crippen LogP contribution in [0.15, 0.2) is 36.4 Å². The van der Waals surface area contributed by atoms with E-state index in [0.717, 1.165) is 24.9 Å². The van der Waals surface area contributed by atoms with Crippen molar-refractivity contribution in [1.29, 1.82) is 0 Å². The van der Waals surface area contributed by atoms with Gasteiger partial charge in [-0.3, -0.25) is 4.79 Å². The molecular formula is C16H21NO. The van der Waals surface area contributed by atoms with Gasteiger partial charge in [0.25, 0.3) is 0 Å². The number of hydrogen-bond donors (Lipinski definition) is 1. The Morgan fingerprint density at radius 2 is 1.94 bits per heavy atom. The first-order chi connectivity index (χ1) is 8.66. The minimum Gasteiger partial charge on any atom is -0.326 e. The number of nitrogens with one attached hydrogen (secondary N) is 1. The third kappa shape index (κ3) is 3.22. The Bertz CT molecular complexity index is 431. The minimum absolute atomic E-state index is 0.139. The second kappa shape index (κ2) is 5.85. The quantitative estimate of drug-likeness (QED) is 0.795. The summed E-state index contributed by atoms with van der Waals surface area (Å²) in [6, 6.07) is 8.15. The predicted octanol–water partition coefficient (Wildman–Crippen LogP) is 4.10. The molecule has 0 fully saturated rings. The van der Waals surface area contributed by atoms with Gasteiger partial charge in [0, 0.05) is 11.6 Å². The van der Waals surface area contributed by atoms with Gasteiger partial charge >= 0.3 is 0 Å². The van der Waals surface area contributed by atoms with Crippen molar-refractivity contribution in [2.75, 3.05) is 5.32 Å². The molecule has 18 heavy (non-hydrogen) atoms. The maximum Gasteiger partial charge on any atom is 0.227 e. The van der Waals surface area contributed by atoms with E-state index in [-0.39, 0.29) is 11.8 Å². The van der Waals surface area contributed by atoms with Gasteiger partial charge in [0.1, 0.15) is 0 Å². The molecule has 0 aliphatic heterocycles. The highest BCUT2D eigenvalue weighted by Gasteiger charge is 2.18. The van der Waals surface area contributed by atoms with Crippen LogP contribution >= 0.6 is 0 Å². The third-order valence-corrected chi connectivity index (χ3v) is 3.48. The molecule has 1 aliphatic rings. The smallest absolute Gasteiger partial charge is 0.227 e. The van der Waals surface area contributed by atoms with Crippen molar-refractivity contribution in [3.63, 3.8) is 0 Å². The molecule has 1 amide bonds. The van der Waals surface area contributed by atoms with E-state index in [2.05, 4.69) is 43.4 Å². The number of hydrogen-bond acceptors (Lipinski definition) is 1. The van der Waals surface area contributed by atoms with Gasteiger partial charge in [0.2, 0.25) is 5.91 Å². The van der Waals surface area contributed by atoms with Gasteiger partial charge in [-0.1, -0.05) is 38.1 Å². The maximum absolute atomic E-state index is 12.0. The average Bonchev–Trinajstić information content (AvgIpc) is 2.40. The Balaban J connectivity index is 1.96. The molecule has 2 rings (SSSR count). The second-order valence-corrected chi connectivity index (χ2v) is 5.25. The van der Waals surface area contributed by atoms with Crippen molar-refractivity contribution in [2.45, 2.75) is 39.0 Å². The molecule has 2 nitrogen and oxygen atoms in total. The zero-order valence-electron chi connectivity index (χ0n) is 11.1. The fourth-order valence-corrected chi connectivity index (χ4v) is 2.23. The fourth-order valence-electron chi connectivity index (χ4n) is 2.23. The minimum atomic E-state index is 0.139. The van der Waals surface area contributed by atoms with Crippen molar-refractivity contribution in [2.24, 2.45) is 5.92 Å².